The minimum atomic E-state index is -0.231. The van der Waals surface area contributed by atoms with Crippen LogP contribution in [0.25, 0.3) is 16.5 Å². The van der Waals surface area contributed by atoms with Crippen LogP contribution >= 0.6 is 23.2 Å². The summed E-state index contributed by atoms with van der Waals surface area (Å²) in [6.07, 6.45) is 3.35. The average molecular weight is 393 g/mol. The zero-order chi connectivity index (χ0) is 18.8. The predicted molar refractivity (Wildman–Crippen MR) is 101 cm³/mol. The van der Waals surface area contributed by atoms with Crippen molar-refractivity contribution in [3.63, 3.8) is 0 Å². The summed E-state index contributed by atoms with van der Waals surface area (Å²) in [5.41, 5.74) is 1.45. The molecule has 0 spiro atoms. The van der Waals surface area contributed by atoms with Crippen molar-refractivity contribution in [3.8, 4) is 17.2 Å². The molecule has 1 N–H and O–H groups in total. The lowest BCUT2D eigenvalue weighted by Crippen LogP contribution is -1.99. The van der Waals surface area contributed by atoms with Crippen LogP contribution in [-0.4, -0.2) is 25.6 Å². The van der Waals surface area contributed by atoms with Crippen LogP contribution in [0.4, 0.5) is 0 Å². The first-order valence-electron chi connectivity index (χ1n) is 7.48. The summed E-state index contributed by atoms with van der Waals surface area (Å²) >= 11 is 12.3. The van der Waals surface area contributed by atoms with Crippen molar-refractivity contribution in [2.24, 2.45) is 0 Å². The maximum absolute atomic E-state index is 11.3. The molecule has 5 nitrogen and oxygen atoms in total. The van der Waals surface area contributed by atoms with Gasteiger partial charge in [0.2, 0.25) is 5.75 Å². The summed E-state index contributed by atoms with van der Waals surface area (Å²) in [6, 6.07) is 6.53. The number of carbonyl (C=O) groups excluding carboxylic acids is 1. The van der Waals surface area contributed by atoms with Gasteiger partial charge in [0.25, 0.3) is 0 Å². The normalized spacial score (nSPS) is 11.6. The molecule has 0 unspecified atom stereocenters. The highest BCUT2D eigenvalue weighted by Gasteiger charge is 2.26. The maximum atomic E-state index is 11.3. The Balaban J connectivity index is 2.42. The summed E-state index contributed by atoms with van der Waals surface area (Å²) in [4.78, 5) is 11.3. The molecule has 0 fully saturated rings. The first kappa shape index (κ1) is 18.2. The van der Waals surface area contributed by atoms with Gasteiger partial charge in [0.1, 0.15) is 12.0 Å². The average Bonchev–Trinajstić information content (AvgIpc) is 3.08. The number of aldehydes is 1. The number of phenols is 1. The second kappa shape index (κ2) is 7.32. The standard InChI is InChI=1S/C19H14Cl2O5/c1-24-17-13-6-8-26-18(13)19(25-2)16(23)15(17)12(5-7-22)11-4-3-10(20)9-14(11)21/h3-9,23H,1-2H3. The first-order chi connectivity index (χ1) is 12.5. The number of aromatic hydroxyl groups is 1. The van der Waals surface area contributed by atoms with Crippen molar-refractivity contribution in [1.29, 1.82) is 0 Å². The van der Waals surface area contributed by atoms with E-state index in [1.54, 1.807) is 24.3 Å². The molecule has 1 heterocycles. The lowest BCUT2D eigenvalue weighted by molar-refractivity contribution is -0.104. The molecule has 2 aromatic carbocycles. The minimum absolute atomic E-state index is 0.127. The molecule has 0 saturated carbocycles. The molecule has 0 aliphatic carbocycles. The summed E-state index contributed by atoms with van der Waals surface area (Å²) in [6.45, 7) is 0. The Morgan fingerprint density at radius 3 is 2.50 bits per heavy atom. The fourth-order valence-corrected chi connectivity index (χ4v) is 3.37. The van der Waals surface area contributed by atoms with E-state index in [0.29, 0.717) is 44.2 Å². The van der Waals surface area contributed by atoms with Crippen LogP contribution in [0.5, 0.6) is 17.2 Å². The maximum Gasteiger partial charge on any atom is 0.205 e. The fraction of sp³-hybridized carbons (Fsp3) is 0.105. The van der Waals surface area contributed by atoms with Gasteiger partial charge in [-0.15, -0.1) is 0 Å². The van der Waals surface area contributed by atoms with E-state index in [1.807, 2.05) is 0 Å². The molecule has 0 amide bonds. The molecule has 0 radical (unpaired) electrons. The molecule has 1 aromatic heterocycles. The van der Waals surface area contributed by atoms with Gasteiger partial charge in [0.15, 0.2) is 11.3 Å². The molecule has 0 aliphatic heterocycles. The van der Waals surface area contributed by atoms with Crippen LogP contribution in [-0.2, 0) is 4.79 Å². The molecule has 7 heteroatoms. The zero-order valence-electron chi connectivity index (χ0n) is 13.9. The van der Waals surface area contributed by atoms with E-state index < -0.39 is 0 Å². The van der Waals surface area contributed by atoms with E-state index >= 15 is 0 Å². The van der Waals surface area contributed by atoms with Gasteiger partial charge >= 0.3 is 0 Å². The Kier molecular flexibility index (Phi) is 5.11. The monoisotopic (exact) mass is 392 g/mol. The Bertz CT molecular complexity index is 1020. The molecular formula is C19H14Cl2O5. The summed E-state index contributed by atoms with van der Waals surface area (Å²) in [5.74, 6) is 0.222. The van der Waals surface area contributed by atoms with Crippen LogP contribution in [0.2, 0.25) is 10.0 Å². The van der Waals surface area contributed by atoms with Gasteiger partial charge in [-0.1, -0.05) is 29.3 Å². The SMILES string of the molecule is COc1c(C(=CC=O)c2ccc(Cl)cc2Cl)c(O)c(OC)c2occc12. The number of rotatable bonds is 5. The summed E-state index contributed by atoms with van der Waals surface area (Å²) in [7, 11) is 2.87. The highest BCUT2D eigenvalue weighted by atomic mass is 35.5. The second-order valence-electron chi connectivity index (χ2n) is 5.29. The lowest BCUT2D eigenvalue weighted by Gasteiger charge is -2.18. The number of hydrogen-bond acceptors (Lipinski definition) is 5. The van der Waals surface area contributed by atoms with Crippen LogP contribution < -0.4 is 9.47 Å². The first-order valence-corrected chi connectivity index (χ1v) is 8.24. The van der Waals surface area contributed by atoms with Gasteiger partial charge in [0.05, 0.1) is 31.4 Å². The number of halogens is 2. The molecule has 0 aliphatic rings. The molecule has 26 heavy (non-hydrogen) atoms. The smallest absolute Gasteiger partial charge is 0.205 e. The van der Waals surface area contributed by atoms with Crippen LogP contribution in [0.3, 0.4) is 0 Å². The summed E-state index contributed by atoms with van der Waals surface area (Å²) in [5, 5.41) is 12.2. The van der Waals surface area contributed by atoms with Crippen LogP contribution in [0.15, 0.2) is 41.0 Å². The van der Waals surface area contributed by atoms with Gasteiger partial charge < -0.3 is 19.0 Å². The fourth-order valence-electron chi connectivity index (χ4n) is 2.86. The second-order valence-corrected chi connectivity index (χ2v) is 6.14. The van der Waals surface area contributed by atoms with Gasteiger partial charge in [-0.05, 0) is 24.3 Å². The van der Waals surface area contributed by atoms with Crippen LogP contribution in [0.1, 0.15) is 11.1 Å². The number of fused-ring (bicyclic) bond motifs is 1. The third-order valence-electron chi connectivity index (χ3n) is 3.93. The number of phenolic OH excluding ortho intramolecular Hbond substituents is 1. The van der Waals surface area contributed by atoms with E-state index in [-0.39, 0.29) is 17.1 Å². The van der Waals surface area contributed by atoms with Crippen molar-refractivity contribution in [2.75, 3.05) is 14.2 Å². The molecule has 0 bridgehead atoms. The third kappa shape index (κ3) is 2.89. The van der Waals surface area contributed by atoms with Crippen LogP contribution in [0, 0.1) is 0 Å². The number of carbonyl (C=O) groups is 1. The minimum Gasteiger partial charge on any atom is -0.504 e. The largest absolute Gasteiger partial charge is 0.504 e. The van der Waals surface area contributed by atoms with E-state index in [0.717, 1.165) is 0 Å². The quantitative estimate of drug-likeness (QED) is 0.483. The number of methoxy groups -OCH3 is 2. The zero-order valence-corrected chi connectivity index (χ0v) is 15.4. The Morgan fingerprint density at radius 1 is 1.15 bits per heavy atom. The van der Waals surface area contributed by atoms with Gasteiger partial charge in [0, 0.05) is 21.2 Å². The Labute approximate surface area is 159 Å². The molecular weight excluding hydrogens is 379 g/mol. The van der Waals surface area contributed by atoms with Crippen molar-refractivity contribution < 1.29 is 23.8 Å². The van der Waals surface area contributed by atoms with Crippen molar-refractivity contribution in [1.82, 2.24) is 0 Å². The van der Waals surface area contributed by atoms with E-state index in [2.05, 4.69) is 0 Å². The molecule has 3 aromatic rings. The third-order valence-corrected chi connectivity index (χ3v) is 4.48. The predicted octanol–water partition coefficient (Wildman–Crippen LogP) is 5.09. The van der Waals surface area contributed by atoms with E-state index in [4.69, 9.17) is 37.1 Å². The molecule has 0 atom stereocenters. The highest BCUT2D eigenvalue weighted by Crippen LogP contribution is 2.50. The molecule has 3 rings (SSSR count). The van der Waals surface area contributed by atoms with Gasteiger partial charge in [-0.3, -0.25) is 4.79 Å². The number of benzene rings is 2. The van der Waals surface area contributed by atoms with E-state index in [9.17, 15) is 9.90 Å². The van der Waals surface area contributed by atoms with Crippen molar-refractivity contribution in [2.45, 2.75) is 0 Å². The van der Waals surface area contributed by atoms with Gasteiger partial charge in [-0.25, -0.2) is 0 Å². The van der Waals surface area contributed by atoms with Crippen molar-refractivity contribution >= 4 is 46.0 Å². The number of ether oxygens (including phenoxy) is 2. The number of furan rings is 1. The topological polar surface area (TPSA) is 68.9 Å². The van der Waals surface area contributed by atoms with Gasteiger partial charge in [-0.2, -0.15) is 0 Å². The highest BCUT2D eigenvalue weighted by molar-refractivity contribution is 6.36. The molecule has 0 saturated heterocycles. The lowest BCUT2D eigenvalue weighted by atomic mass is 9.94. The number of hydrogen-bond donors (Lipinski definition) is 1. The Morgan fingerprint density at radius 2 is 1.88 bits per heavy atom. The molecule has 134 valence electrons. The Hall–Kier alpha value is -2.63. The number of allylic oxidation sites excluding steroid dienone is 1. The summed E-state index contributed by atoms with van der Waals surface area (Å²) < 4.78 is 16.2. The van der Waals surface area contributed by atoms with E-state index in [1.165, 1.54) is 26.6 Å². The van der Waals surface area contributed by atoms with Crippen molar-refractivity contribution in [3.05, 3.63) is 57.8 Å².